The van der Waals surface area contributed by atoms with Crippen molar-refractivity contribution in [1.82, 2.24) is 14.9 Å². The van der Waals surface area contributed by atoms with Crippen LogP contribution >= 0.6 is 0 Å². The molecule has 0 bridgehead atoms. The summed E-state index contributed by atoms with van der Waals surface area (Å²) in [5, 5.41) is 2.40. The Morgan fingerprint density at radius 1 is 1.19 bits per heavy atom. The molecule has 4 rings (SSSR count). The number of nitrogens with one attached hydrogen (secondary N) is 1. The number of amides is 2. The zero-order chi connectivity index (χ0) is 26.6. The van der Waals surface area contributed by atoms with Gasteiger partial charge in [-0.05, 0) is 49.1 Å². The average Bonchev–Trinajstić information content (AvgIpc) is 3.53. The molecule has 1 aromatic carbocycles. The van der Waals surface area contributed by atoms with E-state index in [4.69, 9.17) is 4.42 Å². The first-order valence-corrected chi connectivity index (χ1v) is 12.0. The second kappa shape index (κ2) is 11.0. The number of alkyl halides is 3. The van der Waals surface area contributed by atoms with E-state index in [1.165, 1.54) is 18.3 Å². The summed E-state index contributed by atoms with van der Waals surface area (Å²) >= 11 is 0. The Morgan fingerprint density at radius 3 is 2.59 bits per heavy atom. The van der Waals surface area contributed by atoms with Gasteiger partial charge in [-0.1, -0.05) is 38.1 Å². The van der Waals surface area contributed by atoms with Gasteiger partial charge in [0.2, 0.25) is 17.6 Å². The molecule has 1 N–H and O–H groups in total. The number of carbonyl (C=O) groups is 2. The molecule has 1 fully saturated rings. The number of rotatable bonds is 7. The summed E-state index contributed by atoms with van der Waals surface area (Å²) in [6, 6.07) is 11.2. The largest absolute Gasteiger partial charge is 0.452 e. The highest BCUT2D eigenvalue weighted by Gasteiger charge is 2.42. The fraction of sp³-hybridized carbons (Fsp3) is 0.333. The van der Waals surface area contributed by atoms with Crippen LogP contribution in [0.5, 0.6) is 0 Å². The number of hydrogen-bond donors (Lipinski definition) is 1. The summed E-state index contributed by atoms with van der Waals surface area (Å²) in [5.41, 5.74) is 0.326. The first-order chi connectivity index (χ1) is 17.6. The first-order valence-electron chi connectivity index (χ1n) is 12.0. The molecule has 1 aliphatic heterocycles. The third-order valence-electron chi connectivity index (χ3n) is 6.01. The predicted octanol–water partition coefficient (Wildman–Crippen LogP) is 5.92. The van der Waals surface area contributed by atoms with Gasteiger partial charge in [-0.2, -0.15) is 13.2 Å². The maximum atomic E-state index is 13.5. The topological polar surface area (TPSA) is 88.3 Å². The maximum Gasteiger partial charge on any atom is 0.452 e. The van der Waals surface area contributed by atoms with E-state index in [2.05, 4.69) is 15.3 Å². The molecule has 2 aromatic heterocycles. The number of pyridine rings is 1. The highest BCUT2D eigenvalue weighted by atomic mass is 19.4. The maximum absolute atomic E-state index is 13.5. The Labute approximate surface area is 212 Å². The second-order valence-electron chi connectivity index (χ2n) is 9.22. The molecular formula is C27H27F3N4O3. The summed E-state index contributed by atoms with van der Waals surface area (Å²) in [6.45, 7) is 5.32. The second-order valence-corrected chi connectivity index (χ2v) is 9.22. The molecule has 194 valence electrons. The van der Waals surface area contributed by atoms with Crippen LogP contribution in [0.25, 0.3) is 17.5 Å². The fourth-order valence-corrected chi connectivity index (χ4v) is 4.11. The quantitative estimate of drug-likeness (QED) is 0.425. The smallest absolute Gasteiger partial charge is 0.431 e. The number of anilines is 1. The molecule has 3 heterocycles. The molecule has 0 unspecified atom stereocenters. The van der Waals surface area contributed by atoms with Crippen LogP contribution in [0.3, 0.4) is 0 Å². The van der Waals surface area contributed by atoms with E-state index >= 15 is 0 Å². The molecule has 10 heteroatoms. The minimum absolute atomic E-state index is 0.00671. The first kappa shape index (κ1) is 26.1. The Morgan fingerprint density at radius 2 is 1.95 bits per heavy atom. The van der Waals surface area contributed by atoms with Crippen LogP contribution in [0.4, 0.5) is 18.9 Å². The highest BCUT2D eigenvalue weighted by molar-refractivity contribution is 6.03. The van der Waals surface area contributed by atoms with Crippen LogP contribution < -0.4 is 5.32 Å². The SMILES string of the molecule is CC(C)C(=O)N1CC[C@H](C/C=C/c2ccc(NC(=O)c3nc(-c4ccccc4)oc3C(F)(F)F)cn2)C1. The number of allylic oxidation sites excluding steroid dienone is 1. The lowest BCUT2D eigenvalue weighted by Gasteiger charge is -2.18. The van der Waals surface area contributed by atoms with Crippen LogP contribution in [0.1, 0.15) is 48.6 Å². The van der Waals surface area contributed by atoms with E-state index in [9.17, 15) is 22.8 Å². The fourth-order valence-electron chi connectivity index (χ4n) is 4.11. The summed E-state index contributed by atoms with van der Waals surface area (Å²) in [5.74, 6) is -2.25. The molecule has 1 aliphatic rings. The van der Waals surface area contributed by atoms with Gasteiger partial charge in [-0.3, -0.25) is 14.6 Å². The van der Waals surface area contributed by atoms with Gasteiger partial charge in [0, 0.05) is 24.6 Å². The molecule has 3 aromatic rings. The Bertz CT molecular complexity index is 1270. The molecule has 1 atom stereocenters. The summed E-state index contributed by atoms with van der Waals surface area (Å²) in [6.07, 6.45) is 2.06. The van der Waals surface area contributed by atoms with Crippen LogP contribution in [0.2, 0.25) is 0 Å². The van der Waals surface area contributed by atoms with Crippen molar-refractivity contribution in [1.29, 1.82) is 0 Å². The van der Waals surface area contributed by atoms with Gasteiger partial charge in [0.25, 0.3) is 5.91 Å². The lowest BCUT2D eigenvalue weighted by Crippen LogP contribution is -2.32. The Kier molecular flexibility index (Phi) is 7.75. The van der Waals surface area contributed by atoms with Gasteiger partial charge < -0.3 is 14.6 Å². The van der Waals surface area contributed by atoms with Gasteiger partial charge >= 0.3 is 6.18 Å². The highest BCUT2D eigenvalue weighted by Crippen LogP contribution is 2.35. The van der Waals surface area contributed by atoms with Gasteiger partial charge in [-0.25, -0.2) is 4.98 Å². The van der Waals surface area contributed by atoms with Crippen LogP contribution in [-0.4, -0.2) is 39.8 Å². The van der Waals surface area contributed by atoms with Crippen molar-refractivity contribution in [3.8, 4) is 11.5 Å². The number of oxazole rings is 1. The molecule has 1 saturated heterocycles. The number of halogens is 3. The van der Waals surface area contributed by atoms with E-state index in [0.29, 0.717) is 17.2 Å². The summed E-state index contributed by atoms with van der Waals surface area (Å²) < 4.78 is 45.4. The van der Waals surface area contributed by atoms with Crippen molar-refractivity contribution in [2.75, 3.05) is 18.4 Å². The van der Waals surface area contributed by atoms with Gasteiger partial charge in [0.05, 0.1) is 17.6 Å². The molecule has 0 aliphatic carbocycles. The minimum atomic E-state index is -4.89. The lowest BCUT2D eigenvalue weighted by molar-refractivity contribution is -0.153. The van der Waals surface area contributed by atoms with Crippen molar-refractivity contribution >= 4 is 23.6 Å². The molecular weight excluding hydrogens is 485 g/mol. The number of hydrogen-bond acceptors (Lipinski definition) is 5. The summed E-state index contributed by atoms with van der Waals surface area (Å²) in [4.78, 5) is 34.7. The van der Waals surface area contributed by atoms with Crippen molar-refractivity contribution in [3.63, 3.8) is 0 Å². The van der Waals surface area contributed by atoms with Crippen LogP contribution in [0.15, 0.2) is 59.2 Å². The third kappa shape index (κ3) is 6.44. The monoisotopic (exact) mass is 512 g/mol. The third-order valence-corrected chi connectivity index (χ3v) is 6.01. The van der Waals surface area contributed by atoms with Crippen molar-refractivity contribution < 1.29 is 27.2 Å². The van der Waals surface area contributed by atoms with Crippen molar-refractivity contribution in [2.24, 2.45) is 11.8 Å². The average molecular weight is 513 g/mol. The van der Waals surface area contributed by atoms with E-state index in [1.807, 2.05) is 30.9 Å². The van der Waals surface area contributed by atoms with E-state index in [-0.39, 0.29) is 23.4 Å². The molecule has 0 spiro atoms. The van der Waals surface area contributed by atoms with Crippen LogP contribution in [0, 0.1) is 11.8 Å². The molecule has 37 heavy (non-hydrogen) atoms. The van der Waals surface area contributed by atoms with Gasteiger partial charge in [0.1, 0.15) is 0 Å². The van der Waals surface area contributed by atoms with E-state index < -0.39 is 23.5 Å². The number of nitrogens with zero attached hydrogens (tertiary/aromatic N) is 3. The van der Waals surface area contributed by atoms with Crippen LogP contribution in [-0.2, 0) is 11.0 Å². The standard InChI is InChI=1S/C27H27F3N4O3/c1-17(2)26(36)34-14-13-18(16-34)7-6-10-20-11-12-21(15-31-20)32-24(35)22-23(27(28,29)30)37-25(33-22)19-8-4-3-5-9-19/h3-6,8-12,15,17-18H,7,13-14,16H2,1-2H3,(H,32,35)/b10-6+/t18-/m0/s1. The Balaban J connectivity index is 1.38. The number of likely N-dealkylation sites (tertiary alicyclic amines) is 1. The molecule has 2 amide bonds. The lowest BCUT2D eigenvalue weighted by atomic mass is 10.0. The minimum Gasteiger partial charge on any atom is -0.431 e. The normalized spacial score (nSPS) is 16.1. The molecule has 0 saturated carbocycles. The van der Waals surface area contributed by atoms with Gasteiger partial charge in [0.15, 0.2) is 5.69 Å². The predicted molar refractivity (Wildman–Crippen MR) is 132 cm³/mol. The number of benzene rings is 1. The zero-order valence-electron chi connectivity index (χ0n) is 20.5. The summed E-state index contributed by atoms with van der Waals surface area (Å²) in [7, 11) is 0. The van der Waals surface area contributed by atoms with Gasteiger partial charge in [-0.15, -0.1) is 0 Å². The van der Waals surface area contributed by atoms with Crippen molar-refractivity contribution in [2.45, 2.75) is 32.9 Å². The zero-order valence-corrected chi connectivity index (χ0v) is 20.5. The molecule has 0 radical (unpaired) electrons. The number of aromatic nitrogens is 2. The molecule has 7 nitrogen and oxygen atoms in total. The van der Waals surface area contributed by atoms with E-state index in [1.54, 1.807) is 30.3 Å². The van der Waals surface area contributed by atoms with E-state index in [0.717, 1.165) is 25.9 Å². The number of carbonyl (C=O) groups excluding carboxylic acids is 2. The Hall–Kier alpha value is -3.95. The van der Waals surface area contributed by atoms with Crippen molar-refractivity contribution in [3.05, 3.63) is 71.9 Å².